The van der Waals surface area contributed by atoms with Crippen LogP contribution in [0.25, 0.3) is 11.1 Å². The summed E-state index contributed by atoms with van der Waals surface area (Å²) >= 11 is 0. The number of hydrogen-bond acceptors (Lipinski definition) is 2. The Morgan fingerprint density at radius 3 is 2.12 bits per heavy atom. The van der Waals surface area contributed by atoms with Crippen LogP contribution in [-0.4, -0.2) is 13.0 Å². The van der Waals surface area contributed by atoms with Crippen LogP contribution in [0.4, 0.5) is 0 Å². The van der Waals surface area contributed by atoms with Crippen molar-refractivity contribution >= 4 is 10.1 Å². The van der Waals surface area contributed by atoms with Crippen LogP contribution in [0.5, 0.6) is 0 Å². The molecule has 0 aliphatic rings. The molecule has 0 aromatic heterocycles. The van der Waals surface area contributed by atoms with E-state index < -0.39 is 10.1 Å². The first kappa shape index (κ1) is 11.8. The van der Waals surface area contributed by atoms with Crippen molar-refractivity contribution in [2.45, 2.75) is 11.8 Å². The zero-order chi connectivity index (χ0) is 12.5. The van der Waals surface area contributed by atoms with Crippen LogP contribution in [0.1, 0.15) is 5.56 Å². The molecule has 0 radical (unpaired) electrons. The highest BCUT2D eigenvalue weighted by Gasteiger charge is 2.15. The van der Waals surface area contributed by atoms with Gasteiger partial charge in [0.2, 0.25) is 0 Å². The van der Waals surface area contributed by atoms with Gasteiger partial charge >= 0.3 is 0 Å². The van der Waals surface area contributed by atoms with E-state index in [-0.39, 0.29) is 4.90 Å². The van der Waals surface area contributed by atoms with E-state index in [4.69, 9.17) is 4.55 Å². The molecule has 0 fully saturated rings. The van der Waals surface area contributed by atoms with Crippen LogP contribution in [-0.2, 0) is 10.1 Å². The second-order valence-corrected chi connectivity index (χ2v) is 5.23. The Labute approximate surface area is 100 Å². The van der Waals surface area contributed by atoms with Crippen LogP contribution in [0.2, 0.25) is 0 Å². The molecule has 0 saturated carbocycles. The lowest BCUT2D eigenvalue weighted by atomic mass is 10.0. The van der Waals surface area contributed by atoms with E-state index in [0.29, 0.717) is 5.56 Å². The Kier molecular flexibility index (Phi) is 3.00. The molecular formula is C13H12O3S. The molecule has 3 nitrogen and oxygen atoms in total. The van der Waals surface area contributed by atoms with E-state index in [0.717, 1.165) is 11.1 Å². The van der Waals surface area contributed by atoms with Crippen molar-refractivity contribution in [3.05, 3.63) is 54.1 Å². The highest BCUT2D eigenvalue weighted by Crippen LogP contribution is 2.27. The summed E-state index contributed by atoms with van der Waals surface area (Å²) in [6, 6.07) is 13.9. The monoisotopic (exact) mass is 248 g/mol. The van der Waals surface area contributed by atoms with Crippen molar-refractivity contribution in [3.63, 3.8) is 0 Å². The molecule has 2 aromatic carbocycles. The Balaban J connectivity index is 2.64. The van der Waals surface area contributed by atoms with Gasteiger partial charge in [0.25, 0.3) is 10.1 Å². The topological polar surface area (TPSA) is 54.4 Å². The van der Waals surface area contributed by atoms with Gasteiger partial charge in [-0.15, -0.1) is 0 Å². The SMILES string of the molecule is Cc1ccc(-c2ccccc2S(=O)(=O)O)cc1. The average molecular weight is 248 g/mol. The molecule has 0 bridgehead atoms. The molecule has 2 rings (SSSR count). The highest BCUT2D eigenvalue weighted by molar-refractivity contribution is 7.86. The maximum absolute atomic E-state index is 11.2. The minimum atomic E-state index is -4.19. The number of benzene rings is 2. The minimum Gasteiger partial charge on any atom is -0.282 e. The lowest BCUT2D eigenvalue weighted by molar-refractivity contribution is 0.483. The van der Waals surface area contributed by atoms with E-state index in [1.165, 1.54) is 6.07 Å². The van der Waals surface area contributed by atoms with Gasteiger partial charge in [-0.05, 0) is 18.6 Å². The van der Waals surface area contributed by atoms with E-state index in [9.17, 15) is 8.42 Å². The number of hydrogen-bond donors (Lipinski definition) is 1. The van der Waals surface area contributed by atoms with Crippen molar-refractivity contribution in [1.82, 2.24) is 0 Å². The lowest BCUT2D eigenvalue weighted by Gasteiger charge is -2.07. The van der Waals surface area contributed by atoms with Gasteiger partial charge in [0.05, 0.1) is 0 Å². The van der Waals surface area contributed by atoms with E-state index in [1.807, 2.05) is 31.2 Å². The Bertz CT molecular complexity index is 628. The van der Waals surface area contributed by atoms with E-state index in [2.05, 4.69) is 0 Å². The molecule has 0 amide bonds. The highest BCUT2D eigenvalue weighted by atomic mass is 32.2. The maximum Gasteiger partial charge on any atom is 0.295 e. The second-order valence-electron chi connectivity index (χ2n) is 3.84. The predicted octanol–water partition coefficient (Wildman–Crippen LogP) is 2.91. The van der Waals surface area contributed by atoms with E-state index in [1.54, 1.807) is 18.2 Å². The summed E-state index contributed by atoms with van der Waals surface area (Å²) in [5.74, 6) is 0. The van der Waals surface area contributed by atoms with Crippen LogP contribution in [0.3, 0.4) is 0 Å². The zero-order valence-electron chi connectivity index (χ0n) is 9.29. The van der Waals surface area contributed by atoms with Crippen molar-refractivity contribution in [3.8, 4) is 11.1 Å². The minimum absolute atomic E-state index is 0.0659. The molecular weight excluding hydrogens is 236 g/mol. The van der Waals surface area contributed by atoms with Gasteiger partial charge in [-0.1, -0.05) is 48.0 Å². The molecule has 0 unspecified atom stereocenters. The lowest BCUT2D eigenvalue weighted by Crippen LogP contribution is -2.00. The third kappa shape index (κ3) is 2.54. The number of aryl methyl sites for hydroxylation is 1. The van der Waals surface area contributed by atoms with E-state index >= 15 is 0 Å². The van der Waals surface area contributed by atoms with Crippen molar-refractivity contribution < 1.29 is 13.0 Å². The van der Waals surface area contributed by atoms with Gasteiger partial charge in [-0.25, -0.2) is 0 Å². The molecule has 0 atom stereocenters. The fourth-order valence-electron chi connectivity index (χ4n) is 1.66. The van der Waals surface area contributed by atoms with Crippen molar-refractivity contribution in [2.24, 2.45) is 0 Å². The van der Waals surface area contributed by atoms with Crippen LogP contribution >= 0.6 is 0 Å². The van der Waals surface area contributed by atoms with Crippen molar-refractivity contribution in [2.75, 3.05) is 0 Å². The largest absolute Gasteiger partial charge is 0.295 e. The van der Waals surface area contributed by atoms with Gasteiger partial charge in [0.15, 0.2) is 0 Å². The molecule has 88 valence electrons. The quantitative estimate of drug-likeness (QED) is 0.831. The van der Waals surface area contributed by atoms with Crippen LogP contribution in [0.15, 0.2) is 53.4 Å². The first-order valence-electron chi connectivity index (χ1n) is 5.12. The molecule has 17 heavy (non-hydrogen) atoms. The molecule has 1 N–H and O–H groups in total. The summed E-state index contributed by atoms with van der Waals surface area (Å²) in [6.45, 7) is 1.96. The Morgan fingerprint density at radius 2 is 1.53 bits per heavy atom. The third-order valence-corrected chi connectivity index (χ3v) is 3.44. The zero-order valence-corrected chi connectivity index (χ0v) is 10.1. The molecule has 0 heterocycles. The summed E-state index contributed by atoms with van der Waals surface area (Å²) in [7, 11) is -4.19. The maximum atomic E-state index is 11.2. The molecule has 0 spiro atoms. The smallest absolute Gasteiger partial charge is 0.282 e. The molecule has 0 saturated heterocycles. The predicted molar refractivity (Wildman–Crippen MR) is 66.4 cm³/mol. The Hall–Kier alpha value is -1.65. The molecule has 4 heteroatoms. The van der Waals surface area contributed by atoms with Gasteiger partial charge in [-0.2, -0.15) is 8.42 Å². The van der Waals surface area contributed by atoms with Gasteiger partial charge in [0, 0.05) is 5.56 Å². The summed E-state index contributed by atoms with van der Waals surface area (Å²) in [5, 5.41) is 0. The number of rotatable bonds is 2. The first-order valence-corrected chi connectivity index (χ1v) is 6.56. The standard InChI is InChI=1S/C13H12O3S/c1-10-6-8-11(9-7-10)12-4-2-3-5-13(12)17(14,15)16/h2-9H,1H3,(H,14,15,16). The van der Waals surface area contributed by atoms with Gasteiger partial charge in [-0.3, -0.25) is 4.55 Å². The second kappa shape index (κ2) is 4.31. The summed E-state index contributed by atoms with van der Waals surface area (Å²) in [4.78, 5) is -0.0659. The van der Waals surface area contributed by atoms with Crippen LogP contribution < -0.4 is 0 Å². The summed E-state index contributed by atoms with van der Waals surface area (Å²) in [6.07, 6.45) is 0. The third-order valence-electron chi connectivity index (χ3n) is 2.53. The molecule has 0 aliphatic carbocycles. The van der Waals surface area contributed by atoms with Crippen LogP contribution in [0, 0.1) is 6.92 Å². The first-order chi connectivity index (χ1) is 7.98. The average Bonchev–Trinajstić information content (AvgIpc) is 2.29. The summed E-state index contributed by atoms with van der Waals surface area (Å²) in [5.41, 5.74) is 2.37. The fourth-order valence-corrected chi connectivity index (χ4v) is 2.38. The van der Waals surface area contributed by atoms with Gasteiger partial charge < -0.3 is 0 Å². The normalized spacial score (nSPS) is 11.4. The fraction of sp³-hybridized carbons (Fsp3) is 0.0769. The van der Waals surface area contributed by atoms with Crippen molar-refractivity contribution in [1.29, 1.82) is 0 Å². The van der Waals surface area contributed by atoms with Gasteiger partial charge in [0.1, 0.15) is 4.90 Å². The summed E-state index contributed by atoms with van der Waals surface area (Å²) < 4.78 is 31.7. The Morgan fingerprint density at radius 1 is 0.941 bits per heavy atom. The molecule has 0 aliphatic heterocycles. The molecule has 2 aromatic rings.